The second-order valence-corrected chi connectivity index (χ2v) is 11.6. The Morgan fingerprint density at radius 1 is 1.19 bits per heavy atom. The Labute approximate surface area is 158 Å². The highest BCUT2D eigenvalue weighted by Gasteiger charge is 2.21. The van der Waals surface area contributed by atoms with Gasteiger partial charge < -0.3 is 9.88 Å². The quantitative estimate of drug-likeness (QED) is 0.446. The number of non-ortho nitro benzene ring substituents is 1. The van der Waals surface area contributed by atoms with Gasteiger partial charge in [0.15, 0.2) is 0 Å². The van der Waals surface area contributed by atoms with Gasteiger partial charge in [0.1, 0.15) is 0 Å². The lowest BCUT2D eigenvalue weighted by Crippen LogP contribution is -2.29. The molecule has 6 heteroatoms. The van der Waals surface area contributed by atoms with Crippen molar-refractivity contribution in [3.05, 3.63) is 40.1 Å². The van der Waals surface area contributed by atoms with E-state index in [0.717, 1.165) is 36.8 Å². The van der Waals surface area contributed by atoms with Crippen LogP contribution < -0.4 is 0 Å². The van der Waals surface area contributed by atoms with Gasteiger partial charge in [0.05, 0.1) is 4.92 Å². The minimum atomic E-state index is -0.329. The van der Waals surface area contributed by atoms with Crippen LogP contribution >= 0.6 is 0 Å². The molecule has 5 nitrogen and oxygen atoms in total. The Bertz CT molecular complexity index is 699. The molecule has 2 heterocycles. The third kappa shape index (κ3) is 5.17. The van der Waals surface area contributed by atoms with Crippen LogP contribution in [-0.4, -0.2) is 43.7 Å². The third-order valence-electron chi connectivity index (χ3n) is 5.80. The van der Waals surface area contributed by atoms with E-state index in [9.17, 15) is 10.1 Å². The predicted molar refractivity (Wildman–Crippen MR) is 113 cm³/mol. The number of nitrogens with one attached hydrogen (secondary N) is 1. The highest BCUT2D eigenvalue weighted by Crippen LogP contribution is 2.34. The second kappa shape index (κ2) is 9.88. The van der Waals surface area contributed by atoms with Crippen LogP contribution in [0.2, 0.25) is 18.1 Å². The van der Waals surface area contributed by atoms with Crippen LogP contribution in [0, 0.1) is 10.1 Å². The van der Waals surface area contributed by atoms with E-state index in [-0.39, 0.29) is 19.4 Å². The number of aromatic nitrogens is 1. The summed E-state index contributed by atoms with van der Waals surface area (Å²) < 4.78 is 0. The van der Waals surface area contributed by atoms with Crippen molar-refractivity contribution in [1.82, 2.24) is 9.88 Å². The summed E-state index contributed by atoms with van der Waals surface area (Å²) in [5, 5.41) is 11.9. The molecule has 0 aliphatic carbocycles. The molecule has 2 aromatic rings. The molecule has 0 unspecified atom stereocenters. The zero-order valence-electron chi connectivity index (χ0n) is 16.6. The van der Waals surface area contributed by atoms with Gasteiger partial charge in [-0.15, -0.1) is 0 Å². The summed E-state index contributed by atoms with van der Waals surface area (Å²) in [5.41, 5.74) is 2.38. The first-order valence-corrected chi connectivity index (χ1v) is 12.4. The number of H-pyrrole nitrogens is 1. The molecule has 0 atom stereocenters. The Balaban J connectivity index is 0.000000298. The number of piperidine rings is 1. The molecule has 0 saturated carbocycles. The minimum Gasteiger partial charge on any atom is -0.361 e. The summed E-state index contributed by atoms with van der Waals surface area (Å²) in [6.07, 6.45) is 4.25. The van der Waals surface area contributed by atoms with Gasteiger partial charge in [0.25, 0.3) is 5.69 Å². The minimum absolute atomic E-state index is 0.168. The molecule has 1 aliphatic rings. The number of hydrogen-bond donors (Lipinski definition) is 1. The van der Waals surface area contributed by atoms with Crippen LogP contribution in [0.25, 0.3) is 10.9 Å². The number of likely N-dealkylation sites (tertiary alicyclic amines) is 1. The van der Waals surface area contributed by atoms with E-state index in [1.165, 1.54) is 23.7 Å². The van der Waals surface area contributed by atoms with E-state index in [1.54, 1.807) is 18.2 Å². The fraction of sp³-hybridized carbons (Fsp3) is 0.600. The number of aromatic amines is 1. The number of hydrogen-bond acceptors (Lipinski definition) is 3. The standard InChI is InChI=1S/C14H17N3O2.C6H16Si/c1-16-6-4-10(5-7-16)13-9-15-14-3-2-11(17(18)19)8-12(13)14;1-4-7(5-2)6-3/h2-3,8-10,15H,4-7H2,1H3;7H,4-6H2,1-3H3. The number of fused-ring (bicyclic) bond motifs is 1. The van der Waals surface area contributed by atoms with E-state index < -0.39 is 0 Å². The van der Waals surface area contributed by atoms with Gasteiger partial charge in [-0.25, -0.2) is 0 Å². The van der Waals surface area contributed by atoms with Gasteiger partial charge in [-0.1, -0.05) is 38.9 Å². The summed E-state index contributed by atoms with van der Waals surface area (Å²) in [7, 11) is 1.96. The maximum Gasteiger partial charge on any atom is 0.270 e. The van der Waals surface area contributed by atoms with Gasteiger partial charge in [0.2, 0.25) is 0 Å². The molecule has 1 saturated heterocycles. The molecule has 1 aromatic carbocycles. The van der Waals surface area contributed by atoms with Crippen LogP contribution in [-0.2, 0) is 0 Å². The average Bonchev–Trinajstić information content (AvgIpc) is 3.07. The fourth-order valence-electron chi connectivity index (χ4n) is 3.77. The Morgan fingerprint density at radius 3 is 2.31 bits per heavy atom. The fourth-order valence-corrected chi connectivity index (χ4v) is 5.50. The first kappa shape index (κ1) is 20.6. The molecule has 144 valence electrons. The van der Waals surface area contributed by atoms with E-state index in [1.807, 2.05) is 6.20 Å². The molecule has 0 radical (unpaired) electrons. The summed E-state index contributed by atoms with van der Waals surface area (Å²) in [6.45, 7) is 9.15. The molecule has 1 fully saturated rings. The number of rotatable bonds is 5. The van der Waals surface area contributed by atoms with Crippen molar-refractivity contribution in [3.63, 3.8) is 0 Å². The number of nitro benzene ring substituents is 1. The molecule has 3 rings (SSSR count). The van der Waals surface area contributed by atoms with Crippen LogP contribution in [0.1, 0.15) is 45.1 Å². The summed E-state index contributed by atoms with van der Waals surface area (Å²) in [6, 6.07) is 9.52. The van der Waals surface area contributed by atoms with Gasteiger partial charge in [-0.3, -0.25) is 10.1 Å². The van der Waals surface area contributed by atoms with Crippen molar-refractivity contribution in [3.8, 4) is 0 Å². The van der Waals surface area contributed by atoms with Crippen molar-refractivity contribution in [2.24, 2.45) is 0 Å². The SMILES string of the molecule is CC[SiH](CC)CC.CN1CCC(c2c[nH]c3ccc([N+](=O)[O-])cc23)CC1. The first-order chi connectivity index (χ1) is 12.5. The lowest BCUT2D eigenvalue weighted by Gasteiger charge is -2.28. The predicted octanol–water partition coefficient (Wildman–Crippen LogP) is 5.16. The van der Waals surface area contributed by atoms with Crippen LogP contribution in [0.3, 0.4) is 0 Å². The van der Waals surface area contributed by atoms with Crippen molar-refractivity contribution in [1.29, 1.82) is 0 Å². The molecule has 1 N–H and O–H groups in total. The van der Waals surface area contributed by atoms with Gasteiger partial charge in [0, 0.05) is 38.0 Å². The highest BCUT2D eigenvalue weighted by atomic mass is 28.3. The van der Waals surface area contributed by atoms with Crippen molar-refractivity contribution < 1.29 is 4.92 Å². The second-order valence-electron chi connectivity index (χ2n) is 7.40. The molecule has 1 aliphatic heterocycles. The van der Waals surface area contributed by atoms with Crippen LogP contribution in [0.4, 0.5) is 5.69 Å². The zero-order chi connectivity index (χ0) is 19.1. The Morgan fingerprint density at radius 2 is 1.81 bits per heavy atom. The molecule has 0 amide bonds. The monoisotopic (exact) mass is 375 g/mol. The van der Waals surface area contributed by atoms with E-state index in [4.69, 9.17) is 0 Å². The van der Waals surface area contributed by atoms with Gasteiger partial charge >= 0.3 is 0 Å². The van der Waals surface area contributed by atoms with E-state index in [0.29, 0.717) is 5.92 Å². The van der Waals surface area contributed by atoms with Gasteiger partial charge in [-0.2, -0.15) is 0 Å². The average molecular weight is 376 g/mol. The van der Waals surface area contributed by atoms with Crippen molar-refractivity contribution in [2.75, 3.05) is 20.1 Å². The Kier molecular flexibility index (Phi) is 7.84. The van der Waals surface area contributed by atoms with E-state index >= 15 is 0 Å². The first-order valence-electron chi connectivity index (χ1n) is 9.94. The van der Waals surface area contributed by atoms with Gasteiger partial charge in [-0.05, 0) is 50.5 Å². The third-order valence-corrected chi connectivity index (χ3v) is 9.26. The normalized spacial score (nSPS) is 15.9. The lowest BCUT2D eigenvalue weighted by molar-refractivity contribution is -0.384. The molecule has 0 bridgehead atoms. The molecule has 0 spiro atoms. The molecular weight excluding hydrogens is 342 g/mol. The summed E-state index contributed by atoms with van der Waals surface area (Å²) in [5.74, 6) is 0.506. The summed E-state index contributed by atoms with van der Waals surface area (Å²) >= 11 is 0. The largest absolute Gasteiger partial charge is 0.361 e. The molecule has 26 heavy (non-hydrogen) atoms. The van der Waals surface area contributed by atoms with Crippen molar-refractivity contribution >= 4 is 25.4 Å². The van der Waals surface area contributed by atoms with E-state index in [2.05, 4.69) is 37.7 Å². The number of nitrogens with zero attached hydrogens (tertiary/aromatic N) is 2. The summed E-state index contributed by atoms with van der Waals surface area (Å²) in [4.78, 5) is 16.1. The topological polar surface area (TPSA) is 62.2 Å². The smallest absolute Gasteiger partial charge is 0.270 e. The van der Waals surface area contributed by atoms with Crippen LogP contribution in [0.15, 0.2) is 24.4 Å². The van der Waals surface area contributed by atoms with Crippen LogP contribution in [0.5, 0.6) is 0 Å². The maximum atomic E-state index is 10.9. The van der Waals surface area contributed by atoms with Crippen molar-refractivity contribution in [2.45, 2.75) is 57.7 Å². The highest BCUT2D eigenvalue weighted by molar-refractivity contribution is 6.58. The number of benzene rings is 1. The lowest BCUT2D eigenvalue weighted by atomic mass is 9.89. The Hall–Kier alpha value is -1.66. The maximum absolute atomic E-state index is 10.9. The molecule has 1 aromatic heterocycles. The number of nitro groups is 1. The zero-order valence-corrected chi connectivity index (χ0v) is 17.8. The molecular formula is C20H33N3O2Si.